The lowest BCUT2D eigenvalue weighted by Gasteiger charge is -2.10. The van der Waals surface area contributed by atoms with Crippen LogP contribution in [-0.2, 0) is 0 Å². The number of halogens is 2. The Bertz CT molecular complexity index is 284. The summed E-state index contributed by atoms with van der Waals surface area (Å²) >= 11 is 0. The Morgan fingerprint density at radius 1 is 1.21 bits per heavy atom. The fourth-order valence-corrected chi connectivity index (χ4v) is 0.980. The number of benzene rings is 1. The molecule has 0 aromatic heterocycles. The van der Waals surface area contributed by atoms with Crippen LogP contribution in [0.25, 0.3) is 0 Å². The first kappa shape index (κ1) is 15.8. The topological polar surface area (TPSA) is 92.5 Å². The SMILES string of the molecule is Cl.Cl.Nc1ccc(N)c(C(O)CO)c1. The second-order valence-corrected chi connectivity index (χ2v) is 2.59. The molecular formula is C8H14Cl2N2O2. The number of nitrogen functional groups attached to an aromatic ring is 2. The standard InChI is InChI=1S/C8H12N2O2.2ClH/c9-5-1-2-7(10)6(3-5)8(12)4-11;;/h1-3,8,11-12H,4,9-10H2;2*1H. The molecule has 0 amide bonds. The third kappa shape index (κ3) is 3.59. The Balaban J connectivity index is 0. The first-order valence-electron chi connectivity index (χ1n) is 3.59. The number of anilines is 2. The molecule has 1 rings (SSSR count). The molecule has 0 spiro atoms. The maximum Gasteiger partial charge on any atom is 0.104 e. The molecule has 6 heteroatoms. The summed E-state index contributed by atoms with van der Waals surface area (Å²) in [6, 6.07) is 4.79. The number of hydrogen-bond acceptors (Lipinski definition) is 4. The third-order valence-electron chi connectivity index (χ3n) is 1.64. The monoisotopic (exact) mass is 240 g/mol. The number of hydrogen-bond donors (Lipinski definition) is 4. The number of aliphatic hydroxyl groups is 2. The summed E-state index contributed by atoms with van der Waals surface area (Å²) in [4.78, 5) is 0. The number of aliphatic hydroxyl groups excluding tert-OH is 2. The Hall–Kier alpha value is -0.680. The van der Waals surface area contributed by atoms with Gasteiger partial charge in [-0.2, -0.15) is 0 Å². The predicted molar refractivity (Wildman–Crippen MR) is 61.8 cm³/mol. The van der Waals surface area contributed by atoms with E-state index in [4.69, 9.17) is 16.6 Å². The van der Waals surface area contributed by atoms with Gasteiger partial charge in [-0.15, -0.1) is 24.8 Å². The van der Waals surface area contributed by atoms with Gasteiger partial charge < -0.3 is 21.7 Å². The van der Waals surface area contributed by atoms with Gasteiger partial charge in [0.05, 0.1) is 6.61 Å². The lowest BCUT2D eigenvalue weighted by atomic mass is 10.1. The normalized spacial score (nSPS) is 11.0. The van der Waals surface area contributed by atoms with Crippen LogP contribution < -0.4 is 11.5 Å². The molecule has 0 aliphatic rings. The van der Waals surface area contributed by atoms with Crippen molar-refractivity contribution in [1.29, 1.82) is 0 Å². The second kappa shape index (κ2) is 6.73. The van der Waals surface area contributed by atoms with E-state index >= 15 is 0 Å². The highest BCUT2D eigenvalue weighted by molar-refractivity contribution is 5.85. The molecule has 1 aromatic carbocycles. The molecule has 1 atom stereocenters. The van der Waals surface area contributed by atoms with Crippen LogP contribution in [0.15, 0.2) is 18.2 Å². The third-order valence-corrected chi connectivity index (χ3v) is 1.64. The van der Waals surface area contributed by atoms with Crippen molar-refractivity contribution in [3.63, 3.8) is 0 Å². The molecule has 4 nitrogen and oxygen atoms in total. The van der Waals surface area contributed by atoms with Gasteiger partial charge >= 0.3 is 0 Å². The van der Waals surface area contributed by atoms with Gasteiger partial charge in [0, 0.05) is 16.9 Å². The van der Waals surface area contributed by atoms with E-state index in [1.165, 1.54) is 0 Å². The Kier molecular flexibility index (Phi) is 7.58. The van der Waals surface area contributed by atoms with Crippen LogP contribution in [0, 0.1) is 0 Å². The molecule has 0 saturated heterocycles. The van der Waals surface area contributed by atoms with Crippen molar-refractivity contribution in [2.45, 2.75) is 6.10 Å². The van der Waals surface area contributed by atoms with Gasteiger partial charge in [0.2, 0.25) is 0 Å². The van der Waals surface area contributed by atoms with Crippen LogP contribution >= 0.6 is 24.8 Å². The van der Waals surface area contributed by atoms with Crippen molar-refractivity contribution in [3.05, 3.63) is 23.8 Å². The number of nitrogens with two attached hydrogens (primary N) is 2. The van der Waals surface area contributed by atoms with Crippen molar-refractivity contribution >= 4 is 36.2 Å². The Labute approximate surface area is 94.7 Å². The fraction of sp³-hybridized carbons (Fsp3) is 0.250. The number of rotatable bonds is 2. The van der Waals surface area contributed by atoms with Crippen LogP contribution in [-0.4, -0.2) is 16.8 Å². The van der Waals surface area contributed by atoms with Crippen LogP contribution in [0.2, 0.25) is 0 Å². The zero-order valence-corrected chi connectivity index (χ0v) is 9.02. The summed E-state index contributed by atoms with van der Waals surface area (Å²) in [5.41, 5.74) is 12.4. The molecule has 0 heterocycles. The molecule has 82 valence electrons. The first-order valence-corrected chi connectivity index (χ1v) is 3.59. The van der Waals surface area contributed by atoms with Crippen molar-refractivity contribution in [3.8, 4) is 0 Å². The predicted octanol–water partition coefficient (Wildman–Crippen LogP) is 0.720. The maximum absolute atomic E-state index is 9.25. The van der Waals surface area contributed by atoms with E-state index < -0.39 is 6.10 Å². The molecule has 1 unspecified atom stereocenters. The Morgan fingerprint density at radius 3 is 2.29 bits per heavy atom. The van der Waals surface area contributed by atoms with Crippen molar-refractivity contribution < 1.29 is 10.2 Å². The van der Waals surface area contributed by atoms with Gasteiger partial charge in [-0.25, -0.2) is 0 Å². The molecule has 14 heavy (non-hydrogen) atoms. The molecule has 6 N–H and O–H groups in total. The van der Waals surface area contributed by atoms with E-state index in [0.29, 0.717) is 16.9 Å². The molecule has 0 saturated carbocycles. The highest BCUT2D eigenvalue weighted by atomic mass is 35.5. The summed E-state index contributed by atoms with van der Waals surface area (Å²) in [6.07, 6.45) is -0.950. The van der Waals surface area contributed by atoms with Crippen LogP contribution in [0.5, 0.6) is 0 Å². The summed E-state index contributed by atoms with van der Waals surface area (Å²) < 4.78 is 0. The molecule has 0 aliphatic carbocycles. The van der Waals surface area contributed by atoms with E-state index in [1.807, 2.05) is 0 Å². The maximum atomic E-state index is 9.25. The largest absolute Gasteiger partial charge is 0.399 e. The van der Waals surface area contributed by atoms with Crippen molar-refractivity contribution in [2.24, 2.45) is 0 Å². The average molecular weight is 241 g/mol. The lowest BCUT2D eigenvalue weighted by molar-refractivity contribution is 0.0962. The molecule has 0 fully saturated rings. The van der Waals surface area contributed by atoms with E-state index in [2.05, 4.69) is 0 Å². The van der Waals surface area contributed by atoms with Crippen LogP contribution in [0.1, 0.15) is 11.7 Å². The minimum absolute atomic E-state index is 0. The fourth-order valence-electron chi connectivity index (χ4n) is 0.980. The first-order chi connectivity index (χ1) is 5.65. The van der Waals surface area contributed by atoms with Crippen LogP contribution in [0.4, 0.5) is 11.4 Å². The minimum Gasteiger partial charge on any atom is -0.399 e. The van der Waals surface area contributed by atoms with Crippen molar-refractivity contribution in [1.82, 2.24) is 0 Å². The van der Waals surface area contributed by atoms with Crippen molar-refractivity contribution in [2.75, 3.05) is 18.1 Å². The lowest BCUT2D eigenvalue weighted by Crippen LogP contribution is -2.06. The van der Waals surface area contributed by atoms with Gasteiger partial charge in [-0.3, -0.25) is 0 Å². The highest BCUT2D eigenvalue weighted by Gasteiger charge is 2.09. The molecule has 1 aromatic rings. The van der Waals surface area contributed by atoms with E-state index in [0.717, 1.165) is 0 Å². The molecule has 0 aliphatic heterocycles. The quantitative estimate of drug-likeness (QED) is 0.574. The zero-order chi connectivity index (χ0) is 9.14. The second-order valence-electron chi connectivity index (χ2n) is 2.59. The Morgan fingerprint density at radius 2 is 1.79 bits per heavy atom. The van der Waals surface area contributed by atoms with Gasteiger partial charge in [-0.05, 0) is 18.2 Å². The van der Waals surface area contributed by atoms with Gasteiger partial charge in [-0.1, -0.05) is 0 Å². The summed E-state index contributed by atoms with van der Waals surface area (Å²) in [6.45, 7) is -0.354. The summed E-state index contributed by atoms with van der Waals surface area (Å²) in [5.74, 6) is 0. The zero-order valence-electron chi connectivity index (χ0n) is 7.38. The summed E-state index contributed by atoms with van der Waals surface area (Å²) in [7, 11) is 0. The smallest absolute Gasteiger partial charge is 0.104 e. The molecular weight excluding hydrogens is 227 g/mol. The molecule has 0 bridgehead atoms. The van der Waals surface area contributed by atoms with Gasteiger partial charge in [0.25, 0.3) is 0 Å². The highest BCUT2D eigenvalue weighted by Crippen LogP contribution is 2.22. The van der Waals surface area contributed by atoms with Gasteiger partial charge in [0.15, 0.2) is 0 Å². The van der Waals surface area contributed by atoms with Gasteiger partial charge in [0.1, 0.15) is 6.10 Å². The van der Waals surface area contributed by atoms with E-state index in [-0.39, 0.29) is 31.4 Å². The van der Waals surface area contributed by atoms with Crippen LogP contribution in [0.3, 0.4) is 0 Å². The summed E-state index contributed by atoms with van der Waals surface area (Å²) in [5, 5.41) is 17.9. The van der Waals surface area contributed by atoms with E-state index in [9.17, 15) is 5.11 Å². The molecule has 0 radical (unpaired) electrons. The van der Waals surface area contributed by atoms with E-state index in [1.54, 1.807) is 18.2 Å². The average Bonchev–Trinajstić information content (AvgIpc) is 2.08. The minimum atomic E-state index is -0.950.